The van der Waals surface area contributed by atoms with Crippen molar-refractivity contribution in [1.82, 2.24) is 0 Å². The predicted octanol–water partition coefficient (Wildman–Crippen LogP) is -1.42. The molecule has 0 nitrogen and oxygen atoms in total. The van der Waals surface area contributed by atoms with Crippen LogP contribution in [0.15, 0.2) is 0 Å². The Morgan fingerprint density at radius 3 is 1.29 bits per heavy atom. The Balaban J connectivity index is 0. The van der Waals surface area contributed by atoms with Crippen LogP contribution in [0.4, 0.5) is 0 Å². The summed E-state index contributed by atoms with van der Waals surface area (Å²) in [5.41, 5.74) is 0. The Bertz CT molecular complexity index is 29.5. The average molecular weight is 128 g/mol. The molecule has 1 saturated heterocycles. The van der Waals surface area contributed by atoms with Crippen molar-refractivity contribution in [2.45, 2.75) is 0 Å². The summed E-state index contributed by atoms with van der Waals surface area (Å²) in [6.07, 6.45) is 0. The number of rotatable bonds is 0. The van der Waals surface area contributed by atoms with E-state index >= 15 is 0 Å². The van der Waals surface area contributed by atoms with E-state index in [1.54, 1.807) is 0 Å². The van der Waals surface area contributed by atoms with Crippen molar-refractivity contribution >= 4 is 23.5 Å². The van der Waals surface area contributed by atoms with Crippen LogP contribution in [0.25, 0.3) is 0 Å². The fraction of sp³-hybridized carbons (Fsp3) is 1.00. The minimum atomic E-state index is 0. The monoisotopic (exact) mass is 128 g/mol. The van der Waals surface area contributed by atoms with Crippen LogP contribution in [0, 0.1) is 0 Å². The molecule has 0 aromatic heterocycles. The Labute approximate surface area is 66.9 Å². The first-order valence-electron chi connectivity index (χ1n) is 2.15. The van der Waals surface area contributed by atoms with Gasteiger partial charge in [-0.2, -0.15) is 23.5 Å². The second-order valence-corrected chi connectivity index (χ2v) is 3.67. The van der Waals surface area contributed by atoms with Gasteiger partial charge < -0.3 is 1.43 Å². The zero-order chi connectivity index (χ0) is 4.24. The summed E-state index contributed by atoms with van der Waals surface area (Å²) >= 11 is 4.15. The molecule has 7 heavy (non-hydrogen) atoms. The maximum absolute atomic E-state index is 2.07. The van der Waals surface area contributed by atoms with Crippen LogP contribution in [0.1, 0.15) is 1.43 Å². The molecular weight excluding hydrogens is 119 g/mol. The van der Waals surface area contributed by atoms with Crippen molar-refractivity contribution in [3.8, 4) is 0 Å². The second-order valence-electron chi connectivity index (χ2n) is 1.22. The average Bonchev–Trinajstić information content (AvgIpc) is 1.72. The van der Waals surface area contributed by atoms with Gasteiger partial charge in [0.05, 0.1) is 0 Å². The summed E-state index contributed by atoms with van der Waals surface area (Å²) in [5.74, 6) is 5.52. The Kier molecular flexibility index (Phi) is 6.44. The maximum Gasteiger partial charge on any atom is 1.00 e. The van der Waals surface area contributed by atoms with E-state index in [1.165, 1.54) is 23.0 Å². The molecule has 1 aliphatic heterocycles. The van der Waals surface area contributed by atoms with E-state index < -0.39 is 0 Å². The molecule has 0 atom stereocenters. The smallest absolute Gasteiger partial charge is 1.00 e. The summed E-state index contributed by atoms with van der Waals surface area (Å²) in [6.45, 7) is 0. The van der Waals surface area contributed by atoms with Gasteiger partial charge in [-0.05, 0) is 0 Å². The van der Waals surface area contributed by atoms with E-state index in [9.17, 15) is 0 Å². The van der Waals surface area contributed by atoms with E-state index in [2.05, 4.69) is 23.5 Å². The topological polar surface area (TPSA) is 0 Å². The van der Waals surface area contributed by atoms with Crippen molar-refractivity contribution in [2.24, 2.45) is 0 Å². The number of hydrogen-bond donors (Lipinski definition) is 0. The van der Waals surface area contributed by atoms with Gasteiger partial charge in [0.1, 0.15) is 0 Å². The third kappa shape index (κ3) is 3.85. The Morgan fingerprint density at radius 2 is 1.14 bits per heavy atom. The van der Waals surface area contributed by atoms with Gasteiger partial charge in [-0.3, -0.25) is 0 Å². The normalized spacial score (nSPS) is 20.6. The SMILES string of the molecule is C1CSCCS1.[H-].[Li+]. The molecule has 0 bridgehead atoms. The standard InChI is InChI=1S/C4H8S2.Li.H/c1-2-6-4-3-5-1;;/h1-4H2;;/q;+1;-1. The van der Waals surface area contributed by atoms with Crippen molar-refractivity contribution in [2.75, 3.05) is 23.0 Å². The molecular formula is C4H9LiS2. The molecule has 0 spiro atoms. The van der Waals surface area contributed by atoms with Gasteiger partial charge in [-0.1, -0.05) is 0 Å². The molecule has 1 fully saturated rings. The molecule has 0 aliphatic carbocycles. The number of hydrogen-bond acceptors (Lipinski definition) is 2. The minimum Gasteiger partial charge on any atom is -1.00 e. The second kappa shape index (κ2) is 5.43. The third-order valence-corrected chi connectivity index (χ3v) is 3.23. The summed E-state index contributed by atoms with van der Waals surface area (Å²) in [4.78, 5) is 0. The van der Waals surface area contributed by atoms with Crippen molar-refractivity contribution in [1.29, 1.82) is 0 Å². The van der Waals surface area contributed by atoms with Crippen molar-refractivity contribution < 1.29 is 20.3 Å². The zero-order valence-corrected chi connectivity index (χ0v) is 6.28. The minimum absolute atomic E-state index is 0. The van der Waals surface area contributed by atoms with Crippen LogP contribution in [0.3, 0.4) is 0 Å². The van der Waals surface area contributed by atoms with E-state index in [0.29, 0.717) is 0 Å². The van der Waals surface area contributed by atoms with Gasteiger partial charge in [0.25, 0.3) is 0 Å². The van der Waals surface area contributed by atoms with Crippen LogP contribution in [-0.4, -0.2) is 23.0 Å². The van der Waals surface area contributed by atoms with Gasteiger partial charge in [-0.15, -0.1) is 0 Å². The van der Waals surface area contributed by atoms with Crippen LogP contribution < -0.4 is 18.9 Å². The summed E-state index contributed by atoms with van der Waals surface area (Å²) in [7, 11) is 0. The van der Waals surface area contributed by atoms with Crippen molar-refractivity contribution in [3.63, 3.8) is 0 Å². The van der Waals surface area contributed by atoms with Gasteiger partial charge in [0, 0.05) is 23.0 Å². The molecule has 0 N–H and O–H groups in total. The maximum atomic E-state index is 2.07. The van der Waals surface area contributed by atoms with E-state index in [4.69, 9.17) is 0 Å². The van der Waals surface area contributed by atoms with E-state index in [1.807, 2.05) is 0 Å². The van der Waals surface area contributed by atoms with Crippen molar-refractivity contribution in [3.05, 3.63) is 0 Å². The molecule has 0 radical (unpaired) electrons. The molecule has 0 amide bonds. The molecule has 1 heterocycles. The van der Waals surface area contributed by atoms with Crippen LogP contribution in [0.2, 0.25) is 0 Å². The Morgan fingerprint density at radius 1 is 0.857 bits per heavy atom. The third-order valence-electron chi connectivity index (χ3n) is 0.744. The summed E-state index contributed by atoms with van der Waals surface area (Å²) in [5, 5.41) is 0. The molecule has 0 aromatic carbocycles. The van der Waals surface area contributed by atoms with Crippen LogP contribution >= 0.6 is 23.5 Å². The first-order valence-corrected chi connectivity index (χ1v) is 4.46. The molecule has 3 heteroatoms. The quantitative estimate of drug-likeness (QED) is 0.367. The van der Waals surface area contributed by atoms with Gasteiger partial charge in [0.2, 0.25) is 0 Å². The molecule has 1 rings (SSSR count). The number of thioether (sulfide) groups is 2. The first-order chi connectivity index (χ1) is 3.00. The van der Waals surface area contributed by atoms with E-state index in [0.717, 1.165) is 0 Å². The van der Waals surface area contributed by atoms with Gasteiger partial charge >= 0.3 is 18.9 Å². The zero-order valence-electron chi connectivity index (χ0n) is 5.64. The predicted molar refractivity (Wildman–Crippen MR) is 35.8 cm³/mol. The Hall–Kier alpha value is 1.30. The summed E-state index contributed by atoms with van der Waals surface area (Å²) in [6, 6.07) is 0. The fourth-order valence-electron chi connectivity index (χ4n) is 0.440. The van der Waals surface area contributed by atoms with Crippen LogP contribution in [0.5, 0.6) is 0 Å². The summed E-state index contributed by atoms with van der Waals surface area (Å²) < 4.78 is 0. The van der Waals surface area contributed by atoms with Crippen LogP contribution in [-0.2, 0) is 0 Å². The molecule has 0 saturated carbocycles. The first kappa shape index (κ1) is 8.30. The fourth-order valence-corrected chi connectivity index (χ4v) is 2.73. The van der Waals surface area contributed by atoms with Gasteiger partial charge in [-0.25, -0.2) is 0 Å². The largest absolute Gasteiger partial charge is 1.00 e. The van der Waals surface area contributed by atoms with Gasteiger partial charge in [0.15, 0.2) is 0 Å². The molecule has 38 valence electrons. The van der Waals surface area contributed by atoms with E-state index in [-0.39, 0.29) is 20.3 Å². The molecule has 1 aliphatic rings. The molecule has 0 aromatic rings. The molecule has 0 unspecified atom stereocenters.